The van der Waals surface area contributed by atoms with Crippen molar-refractivity contribution in [2.24, 2.45) is 5.92 Å². The van der Waals surface area contributed by atoms with Crippen LogP contribution < -0.4 is 5.32 Å². The lowest BCUT2D eigenvalue weighted by molar-refractivity contribution is -0.182. The molecule has 0 saturated carbocycles. The van der Waals surface area contributed by atoms with Crippen LogP contribution >= 0.6 is 0 Å². The Labute approximate surface area is 215 Å². The molecule has 2 N–H and O–H groups in total. The van der Waals surface area contributed by atoms with Crippen LogP contribution in [0.5, 0.6) is 0 Å². The zero-order valence-electron chi connectivity index (χ0n) is 20.7. The molecule has 0 radical (unpaired) electrons. The van der Waals surface area contributed by atoms with Crippen LogP contribution in [0.1, 0.15) is 47.4 Å². The van der Waals surface area contributed by atoms with Gasteiger partial charge in [-0.2, -0.15) is 5.01 Å². The van der Waals surface area contributed by atoms with Crippen molar-refractivity contribution in [2.75, 3.05) is 6.61 Å². The van der Waals surface area contributed by atoms with Gasteiger partial charge in [-0.3, -0.25) is 14.4 Å². The van der Waals surface area contributed by atoms with Crippen LogP contribution in [0.15, 0.2) is 91.0 Å². The number of carbonyl (C=O) groups is 3. The van der Waals surface area contributed by atoms with Gasteiger partial charge in [-0.25, -0.2) is 5.01 Å². The molecule has 190 valence electrons. The molecule has 8 nitrogen and oxygen atoms in total. The van der Waals surface area contributed by atoms with E-state index in [1.54, 1.807) is 36.2 Å². The van der Waals surface area contributed by atoms with E-state index >= 15 is 0 Å². The van der Waals surface area contributed by atoms with Crippen LogP contribution in [0.4, 0.5) is 0 Å². The van der Waals surface area contributed by atoms with Gasteiger partial charge in [0.25, 0.3) is 11.8 Å². The molecular weight excluding hydrogens is 470 g/mol. The lowest BCUT2D eigenvalue weighted by atomic mass is 9.84. The largest absolute Gasteiger partial charge is 0.466 e. The Balaban J connectivity index is 1.65. The van der Waals surface area contributed by atoms with Crippen molar-refractivity contribution in [2.45, 2.75) is 37.7 Å². The molecule has 5 rings (SSSR count). The molecule has 2 heterocycles. The van der Waals surface area contributed by atoms with Gasteiger partial charge in [0.1, 0.15) is 12.0 Å². The molecule has 3 aromatic carbocycles. The zero-order valence-corrected chi connectivity index (χ0v) is 20.7. The fourth-order valence-electron chi connectivity index (χ4n) is 5.53. The Bertz CT molecular complexity index is 1280. The van der Waals surface area contributed by atoms with Crippen molar-refractivity contribution in [1.82, 2.24) is 15.3 Å². The van der Waals surface area contributed by atoms with E-state index in [1.165, 1.54) is 11.9 Å². The van der Waals surface area contributed by atoms with Crippen molar-refractivity contribution in [1.29, 1.82) is 0 Å². The highest BCUT2D eigenvalue weighted by molar-refractivity contribution is 5.98. The number of nitrogens with one attached hydrogen (secondary N) is 1. The molecule has 2 amide bonds. The second-order valence-corrected chi connectivity index (χ2v) is 9.38. The van der Waals surface area contributed by atoms with E-state index in [2.05, 4.69) is 5.32 Å². The average molecular weight is 500 g/mol. The maximum atomic E-state index is 14.0. The predicted octanol–water partition coefficient (Wildman–Crippen LogP) is 3.23. The number of rotatable bonds is 6. The number of amides is 2. The summed E-state index contributed by atoms with van der Waals surface area (Å²) in [4.78, 5) is 40.4. The molecule has 37 heavy (non-hydrogen) atoms. The summed E-state index contributed by atoms with van der Waals surface area (Å²) in [5.74, 6) is -2.58. The predicted molar refractivity (Wildman–Crippen MR) is 135 cm³/mol. The summed E-state index contributed by atoms with van der Waals surface area (Å²) < 4.78 is 5.37. The number of ether oxygens (including phenoxy) is 1. The monoisotopic (exact) mass is 499 g/mol. The van der Waals surface area contributed by atoms with Gasteiger partial charge >= 0.3 is 5.97 Å². The molecule has 1 unspecified atom stereocenters. The minimum atomic E-state index is -1.90. The standard InChI is InChI=1S/C29H29N3O5/c1-3-37-28(35)22-24(19-13-7-4-8-14-19)31-25(20-15-9-5-10-16-20)23(27(34)32(31)29(22,2)36)30-26(33)21-17-11-6-12-18-21/h4-18,22-25,36H,3H2,1-2H3,(H,30,33)/t22-,23+,24-,25+,29?/m1/s1. The number of hydrazine groups is 1. The normalized spacial score (nSPS) is 27.1. The first-order valence-corrected chi connectivity index (χ1v) is 12.3. The topological polar surface area (TPSA) is 99.2 Å². The van der Waals surface area contributed by atoms with Crippen molar-refractivity contribution < 1.29 is 24.2 Å². The molecule has 5 atom stereocenters. The van der Waals surface area contributed by atoms with Gasteiger partial charge in [0.2, 0.25) is 0 Å². The molecule has 0 spiro atoms. The third-order valence-corrected chi connectivity index (χ3v) is 7.07. The van der Waals surface area contributed by atoms with Gasteiger partial charge in [-0.1, -0.05) is 78.9 Å². The quantitative estimate of drug-likeness (QED) is 0.506. The van der Waals surface area contributed by atoms with Crippen LogP contribution in [-0.4, -0.2) is 51.3 Å². The number of nitrogens with zero attached hydrogens (tertiary/aromatic N) is 2. The van der Waals surface area contributed by atoms with E-state index in [0.29, 0.717) is 5.56 Å². The smallest absolute Gasteiger partial charge is 0.315 e. The van der Waals surface area contributed by atoms with E-state index in [9.17, 15) is 19.5 Å². The Morgan fingerprint density at radius 3 is 1.95 bits per heavy atom. The van der Waals surface area contributed by atoms with Gasteiger partial charge < -0.3 is 15.2 Å². The lowest BCUT2D eigenvalue weighted by Crippen LogP contribution is -2.53. The van der Waals surface area contributed by atoms with Crippen LogP contribution in [0.3, 0.4) is 0 Å². The maximum Gasteiger partial charge on any atom is 0.315 e. The molecule has 0 bridgehead atoms. The van der Waals surface area contributed by atoms with Crippen molar-refractivity contribution in [3.63, 3.8) is 0 Å². The summed E-state index contributed by atoms with van der Waals surface area (Å²) in [6.45, 7) is 3.29. The maximum absolute atomic E-state index is 14.0. The molecular formula is C29H29N3O5. The van der Waals surface area contributed by atoms with Crippen molar-refractivity contribution in [3.8, 4) is 0 Å². The number of benzene rings is 3. The Morgan fingerprint density at radius 1 is 0.892 bits per heavy atom. The fraction of sp³-hybridized carbons (Fsp3) is 0.276. The van der Waals surface area contributed by atoms with E-state index in [1.807, 2.05) is 66.7 Å². The Kier molecular flexibility index (Phi) is 6.54. The minimum absolute atomic E-state index is 0.138. The highest BCUT2D eigenvalue weighted by Crippen LogP contribution is 2.55. The first kappa shape index (κ1) is 24.7. The van der Waals surface area contributed by atoms with Gasteiger partial charge in [-0.05, 0) is 37.1 Å². The summed E-state index contributed by atoms with van der Waals surface area (Å²) in [5.41, 5.74) is 0.0216. The number of aliphatic hydroxyl groups is 1. The molecule has 0 aliphatic carbocycles. The van der Waals surface area contributed by atoms with Crippen molar-refractivity contribution >= 4 is 17.8 Å². The minimum Gasteiger partial charge on any atom is -0.466 e. The first-order valence-electron chi connectivity index (χ1n) is 12.3. The van der Waals surface area contributed by atoms with E-state index < -0.39 is 47.6 Å². The van der Waals surface area contributed by atoms with Crippen LogP contribution in [-0.2, 0) is 14.3 Å². The van der Waals surface area contributed by atoms with Gasteiger partial charge in [0.05, 0.1) is 18.7 Å². The second-order valence-electron chi connectivity index (χ2n) is 9.38. The number of esters is 1. The van der Waals surface area contributed by atoms with Crippen LogP contribution in [0, 0.1) is 5.92 Å². The second kappa shape index (κ2) is 9.80. The van der Waals surface area contributed by atoms with Gasteiger partial charge in [-0.15, -0.1) is 0 Å². The van der Waals surface area contributed by atoms with E-state index in [4.69, 9.17) is 4.74 Å². The number of hydrogen-bond acceptors (Lipinski definition) is 6. The SMILES string of the molecule is CCOC(=O)[C@H]1[C@@H](c2ccccc2)N2[C@@H](c3ccccc3)[C@H](NC(=O)c3ccccc3)C(=O)N2C1(C)O. The summed E-state index contributed by atoms with van der Waals surface area (Å²) in [6, 6.07) is 24.8. The molecule has 2 fully saturated rings. The first-order chi connectivity index (χ1) is 17.9. The van der Waals surface area contributed by atoms with Gasteiger partial charge in [0.15, 0.2) is 5.72 Å². The fourth-order valence-corrected chi connectivity index (χ4v) is 5.53. The molecule has 8 heteroatoms. The van der Waals surface area contributed by atoms with Crippen LogP contribution in [0.2, 0.25) is 0 Å². The highest BCUT2D eigenvalue weighted by atomic mass is 16.5. The number of fused-ring (bicyclic) bond motifs is 1. The van der Waals surface area contributed by atoms with Crippen molar-refractivity contribution in [3.05, 3.63) is 108 Å². The molecule has 2 aliphatic rings. The summed E-state index contributed by atoms with van der Waals surface area (Å²) in [7, 11) is 0. The van der Waals surface area contributed by atoms with E-state index in [0.717, 1.165) is 11.1 Å². The molecule has 0 aromatic heterocycles. The molecule has 2 saturated heterocycles. The Morgan fingerprint density at radius 2 is 1.41 bits per heavy atom. The van der Waals surface area contributed by atoms with Crippen LogP contribution in [0.25, 0.3) is 0 Å². The zero-order chi connectivity index (χ0) is 26.2. The number of carbonyl (C=O) groups excluding carboxylic acids is 3. The summed E-state index contributed by atoms with van der Waals surface area (Å²) in [6.07, 6.45) is 0. The van der Waals surface area contributed by atoms with Gasteiger partial charge in [0, 0.05) is 5.56 Å². The third kappa shape index (κ3) is 4.18. The summed E-state index contributed by atoms with van der Waals surface area (Å²) >= 11 is 0. The van der Waals surface area contributed by atoms with E-state index in [-0.39, 0.29) is 6.61 Å². The lowest BCUT2D eigenvalue weighted by Gasteiger charge is -2.33. The Hall–Kier alpha value is -4.01. The molecule has 3 aromatic rings. The summed E-state index contributed by atoms with van der Waals surface area (Å²) in [5, 5.41) is 17.7. The average Bonchev–Trinajstić information content (AvgIpc) is 3.34. The molecule has 2 aliphatic heterocycles. The highest BCUT2D eigenvalue weighted by Gasteiger charge is 2.68. The third-order valence-electron chi connectivity index (χ3n) is 7.07. The number of hydrogen-bond donors (Lipinski definition) is 2.